The van der Waals surface area contributed by atoms with Crippen LogP contribution in [0.4, 0.5) is 4.39 Å². The molecular formula is C12H13ClFN3O2S. The first-order valence-corrected chi connectivity index (χ1v) is 6.99. The smallest absolute Gasteiger partial charge is 0.244 e. The standard InChI is InChI=1S/C12H12FN3O2S.ClH/c13-8-3-1-2-4-10(8)17-5-11-15-12(18-16-11)9-6-19-7-14-9;/h1-4,9,14H,5-7H2;1H. The molecule has 1 atom stereocenters. The normalized spacial score (nSPS) is 17.8. The molecule has 1 fully saturated rings. The van der Waals surface area contributed by atoms with Gasteiger partial charge in [0.15, 0.2) is 18.2 Å². The lowest BCUT2D eigenvalue weighted by molar-refractivity contribution is 0.271. The zero-order chi connectivity index (χ0) is 13.1. The molecule has 2 heterocycles. The average molecular weight is 318 g/mol. The molecule has 1 aliphatic rings. The summed E-state index contributed by atoms with van der Waals surface area (Å²) in [4.78, 5) is 4.24. The van der Waals surface area contributed by atoms with Crippen molar-refractivity contribution in [3.8, 4) is 5.75 Å². The Bertz CT molecular complexity index is 563. The minimum absolute atomic E-state index is 0. The number of benzene rings is 1. The number of halogens is 2. The topological polar surface area (TPSA) is 60.2 Å². The fourth-order valence-electron chi connectivity index (χ4n) is 1.73. The lowest BCUT2D eigenvalue weighted by Gasteiger charge is -2.03. The summed E-state index contributed by atoms with van der Waals surface area (Å²) in [6.45, 7) is 0.0876. The Morgan fingerprint density at radius 2 is 2.30 bits per heavy atom. The fraction of sp³-hybridized carbons (Fsp3) is 0.333. The molecule has 108 valence electrons. The predicted molar refractivity (Wildman–Crippen MR) is 75.5 cm³/mol. The maximum absolute atomic E-state index is 13.3. The van der Waals surface area contributed by atoms with Crippen LogP contribution in [0.25, 0.3) is 0 Å². The van der Waals surface area contributed by atoms with Crippen LogP contribution in [0, 0.1) is 5.82 Å². The van der Waals surface area contributed by atoms with Crippen LogP contribution in [0.15, 0.2) is 28.8 Å². The van der Waals surface area contributed by atoms with Crippen LogP contribution < -0.4 is 10.1 Å². The summed E-state index contributed by atoms with van der Waals surface area (Å²) in [6.07, 6.45) is 0. The summed E-state index contributed by atoms with van der Waals surface area (Å²) in [5.74, 6) is 2.54. The van der Waals surface area contributed by atoms with E-state index in [-0.39, 0.29) is 30.8 Å². The number of hydrogen-bond acceptors (Lipinski definition) is 6. The number of ether oxygens (including phenoxy) is 1. The van der Waals surface area contributed by atoms with E-state index >= 15 is 0 Å². The Hall–Kier alpha value is -1.31. The summed E-state index contributed by atoms with van der Waals surface area (Å²) < 4.78 is 23.8. The van der Waals surface area contributed by atoms with Gasteiger partial charge < -0.3 is 9.26 Å². The molecule has 1 aromatic carbocycles. The molecule has 2 aromatic rings. The highest BCUT2D eigenvalue weighted by molar-refractivity contribution is 7.99. The third kappa shape index (κ3) is 3.41. The van der Waals surface area contributed by atoms with E-state index in [1.165, 1.54) is 6.07 Å². The first-order chi connectivity index (χ1) is 9.33. The van der Waals surface area contributed by atoms with E-state index in [1.54, 1.807) is 30.0 Å². The maximum Gasteiger partial charge on any atom is 0.244 e. The van der Waals surface area contributed by atoms with Gasteiger partial charge in [0.05, 0.1) is 6.04 Å². The molecule has 0 bridgehead atoms. The Morgan fingerprint density at radius 3 is 3.05 bits per heavy atom. The van der Waals surface area contributed by atoms with Crippen molar-refractivity contribution in [1.82, 2.24) is 15.5 Å². The Balaban J connectivity index is 0.00000147. The van der Waals surface area contributed by atoms with Crippen molar-refractivity contribution >= 4 is 24.2 Å². The van der Waals surface area contributed by atoms with Crippen LogP contribution in [0.3, 0.4) is 0 Å². The highest BCUT2D eigenvalue weighted by Gasteiger charge is 2.22. The van der Waals surface area contributed by atoms with Crippen LogP contribution in [-0.2, 0) is 6.61 Å². The van der Waals surface area contributed by atoms with Crippen molar-refractivity contribution < 1.29 is 13.7 Å². The van der Waals surface area contributed by atoms with Crippen molar-refractivity contribution in [2.45, 2.75) is 12.6 Å². The maximum atomic E-state index is 13.3. The summed E-state index contributed by atoms with van der Waals surface area (Å²) in [6, 6.07) is 6.32. The summed E-state index contributed by atoms with van der Waals surface area (Å²) in [7, 11) is 0. The van der Waals surface area contributed by atoms with E-state index in [4.69, 9.17) is 9.26 Å². The van der Waals surface area contributed by atoms with E-state index in [1.807, 2.05) is 0 Å². The Labute approximate surface area is 125 Å². The van der Waals surface area contributed by atoms with Crippen molar-refractivity contribution in [2.75, 3.05) is 11.6 Å². The molecule has 0 spiro atoms. The Kier molecular flexibility index (Phi) is 5.22. The zero-order valence-electron chi connectivity index (χ0n) is 10.4. The number of nitrogens with zero attached hydrogens (tertiary/aromatic N) is 2. The van der Waals surface area contributed by atoms with Crippen LogP contribution in [0.5, 0.6) is 5.75 Å². The first kappa shape index (κ1) is 15.1. The van der Waals surface area contributed by atoms with Gasteiger partial charge in [0.2, 0.25) is 11.7 Å². The van der Waals surface area contributed by atoms with Gasteiger partial charge >= 0.3 is 0 Å². The van der Waals surface area contributed by atoms with Gasteiger partial charge in [-0.2, -0.15) is 4.98 Å². The lowest BCUT2D eigenvalue weighted by atomic mass is 10.3. The molecule has 8 heteroatoms. The monoisotopic (exact) mass is 317 g/mol. The first-order valence-electron chi connectivity index (χ1n) is 5.84. The minimum Gasteiger partial charge on any atom is -0.482 e. The fourth-order valence-corrected chi connectivity index (χ4v) is 2.66. The molecule has 1 aromatic heterocycles. The summed E-state index contributed by atoms with van der Waals surface area (Å²) >= 11 is 1.78. The van der Waals surface area contributed by atoms with Crippen molar-refractivity contribution in [1.29, 1.82) is 0 Å². The molecule has 1 aliphatic heterocycles. The predicted octanol–water partition coefficient (Wildman–Crippen LogP) is 2.54. The lowest BCUT2D eigenvalue weighted by Crippen LogP contribution is -2.14. The second-order valence-corrected chi connectivity index (χ2v) is 5.07. The number of aromatic nitrogens is 2. The summed E-state index contributed by atoms with van der Waals surface area (Å²) in [5, 5.41) is 7.06. The Morgan fingerprint density at radius 1 is 1.45 bits per heavy atom. The second kappa shape index (κ2) is 6.92. The molecular weight excluding hydrogens is 305 g/mol. The van der Waals surface area contributed by atoms with Gasteiger partial charge in [-0.25, -0.2) is 4.39 Å². The van der Waals surface area contributed by atoms with Crippen molar-refractivity contribution in [2.24, 2.45) is 0 Å². The van der Waals surface area contributed by atoms with Gasteiger partial charge in [0.1, 0.15) is 0 Å². The highest BCUT2D eigenvalue weighted by Crippen LogP contribution is 2.23. The van der Waals surface area contributed by atoms with Crippen LogP contribution in [-0.4, -0.2) is 21.8 Å². The van der Waals surface area contributed by atoms with Crippen LogP contribution in [0.1, 0.15) is 17.8 Å². The van der Waals surface area contributed by atoms with E-state index < -0.39 is 5.82 Å². The molecule has 1 N–H and O–H groups in total. The summed E-state index contributed by atoms with van der Waals surface area (Å²) in [5.41, 5.74) is 0. The molecule has 20 heavy (non-hydrogen) atoms. The van der Waals surface area contributed by atoms with Crippen LogP contribution in [0.2, 0.25) is 0 Å². The molecule has 0 radical (unpaired) electrons. The minimum atomic E-state index is -0.403. The molecule has 0 saturated carbocycles. The number of thioether (sulfide) groups is 1. The van der Waals surface area contributed by atoms with E-state index in [0.717, 1.165) is 11.6 Å². The van der Waals surface area contributed by atoms with Gasteiger partial charge in [-0.15, -0.1) is 24.2 Å². The highest BCUT2D eigenvalue weighted by atomic mass is 35.5. The average Bonchev–Trinajstić information content (AvgIpc) is 3.09. The molecule has 1 unspecified atom stereocenters. The quantitative estimate of drug-likeness (QED) is 0.935. The third-order valence-corrected chi connectivity index (χ3v) is 3.63. The van der Waals surface area contributed by atoms with Gasteiger partial charge in [-0.1, -0.05) is 17.3 Å². The van der Waals surface area contributed by atoms with Gasteiger partial charge in [-0.3, -0.25) is 5.32 Å². The second-order valence-electron chi connectivity index (χ2n) is 4.04. The zero-order valence-corrected chi connectivity index (χ0v) is 12.0. The van der Waals surface area contributed by atoms with Gasteiger partial charge in [0.25, 0.3) is 0 Å². The van der Waals surface area contributed by atoms with Gasteiger partial charge in [0, 0.05) is 11.6 Å². The molecule has 1 saturated heterocycles. The molecule has 3 rings (SSSR count). The van der Waals surface area contributed by atoms with E-state index in [9.17, 15) is 4.39 Å². The molecule has 0 aliphatic carbocycles. The number of hydrogen-bond donors (Lipinski definition) is 1. The SMILES string of the molecule is Cl.Fc1ccccc1OCc1noc(C2CSCN2)n1. The number of nitrogens with one attached hydrogen (secondary N) is 1. The van der Waals surface area contributed by atoms with Crippen molar-refractivity contribution in [3.63, 3.8) is 0 Å². The van der Waals surface area contributed by atoms with E-state index in [0.29, 0.717) is 11.7 Å². The van der Waals surface area contributed by atoms with E-state index in [2.05, 4.69) is 15.5 Å². The number of para-hydroxylation sites is 1. The largest absolute Gasteiger partial charge is 0.482 e. The number of rotatable bonds is 4. The molecule has 0 amide bonds. The molecule has 5 nitrogen and oxygen atoms in total. The van der Waals surface area contributed by atoms with Gasteiger partial charge in [-0.05, 0) is 12.1 Å². The third-order valence-electron chi connectivity index (χ3n) is 2.69. The van der Waals surface area contributed by atoms with Crippen molar-refractivity contribution in [3.05, 3.63) is 41.8 Å². The van der Waals surface area contributed by atoms with Crippen LogP contribution >= 0.6 is 24.2 Å².